The van der Waals surface area contributed by atoms with E-state index >= 15 is 0 Å². The van der Waals surface area contributed by atoms with Crippen LogP contribution in [0.4, 0.5) is 0 Å². The largest absolute Gasteiger partial charge is 0.464 e. The van der Waals surface area contributed by atoms with Crippen LogP contribution in [0.15, 0.2) is 24.3 Å². The molecule has 0 aliphatic carbocycles. The van der Waals surface area contributed by atoms with Crippen molar-refractivity contribution < 1.29 is 19.1 Å². The van der Waals surface area contributed by atoms with Gasteiger partial charge < -0.3 is 26.0 Å². The number of nitrogens with one attached hydrogen (secondary N) is 2. The molecule has 0 radical (unpaired) electrons. The first kappa shape index (κ1) is 21.5. The lowest BCUT2D eigenvalue weighted by molar-refractivity contribution is -0.145. The Morgan fingerprint density at radius 2 is 1.97 bits per heavy atom. The van der Waals surface area contributed by atoms with Gasteiger partial charge in [-0.1, -0.05) is 45.9 Å². The molecule has 2 saturated heterocycles. The number of nitrogens with zero attached hydrogens (tertiary/aromatic N) is 1. The van der Waals surface area contributed by atoms with Crippen LogP contribution in [0.1, 0.15) is 17.5 Å². The summed E-state index contributed by atoms with van der Waals surface area (Å²) in [6, 6.07) is 6.11. The van der Waals surface area contributed by atoms with E-state index in [-0.39, 0.29) is 17.9 Å². The fraction of sp³-hybridized carbons (Fsp3) is 0.550. The van der Waals surface area contributed by atoms with Crippen LogP contribution in [0.25, 0.3) is 0 Å². The van der Waals surface area contributed by atoms with Crippen LogP contribution in [0.5, 0.6) is 0 Å². The normalized spacial score (nSPS) is 29.4. The van der Waals surface area contributed by atoms with Gasteiger partial charge in [-0.15, -0.1) is 0 Å². The molecule has 0 bridgehead atoms. The Morgan fingerprint density at radius 3 is 2.73 bits per heavy atom. The molecule has 162 valence electrons. The van der Waals surface area contributed by atoms with Gasteiger partial charge in [-0.25, -0.2) is 4.79 Å². The van der Waals surface area contributed by atoms with Crippen molar-refractivity contribution in [1.29, 1.82) is 0 Å². The second-order valence-corrected chi connectivity index (χ2v) is 10.3. The molecular weight excluding hydrogens is 424 g/mol. The SMILES string of the molecule is N[C@@H]1CN[C@H](C(=O)N2Cc3ccccc3C[C@H]2C(=O)N[C@H]2CCOC2=O)CSSC1. The van der Waals surface area contributed by atoms with Gasteiger partial charge in [0.05, 0.1) is 12.6 Å². The molecule has 2 amide bonds. The molecule has 2 fully saturated rings. The highest BCUT2D eigenvalue weighted by atomic mass is 33.1. The molecule has 30 heavy (non-hydrogen) atoms. The molecule has 1 aromatic rings. The van der Waals surface area contributed by atoms with E-state index in [0.717, 1.165) is 16.9 Å². The lowest BCUT2D eigenvalue weighted by atomic mass is 9.92. The minimum atomic E-state index is -0.667. The minimum Gasteiger partial charge on any atom is -0.464 e. The number of benzene rings is 1. The second-order valence-electron chi connectivity index (χ2n) is 7.76. The molecule has 0 saturated carbocycles. The van der Waals surface area contributed by atoms with Crippen molar-refractivity contribution in [3.8, 4) is 0 Å². The van der Waals surface area contributed by atoms with Crippen molar-refractivity contribution in [2.75, 3.05) is 24.7 Å². The Balaban J connectivity index is 1.54. The lowest BCUT2D eigenvalue weighted by Crippen LogP contribution is -2.59. The van der Waals surface area contributed by atoms with E-state index in [0.29, 0.717) is 38.3 Å². The zero-order valence-corrected chi connectivity index (χ0v) is 18.2. The Hall–Kier alpha value is -1.75. The predicted octanol–water partition coefficient (Wildman–Crippen LogP) is 0.0521. The fourth-order valence-corrected chi connectivity index (χ4v) is 6.30. The molecular formula is C20H26N4O4S2. The summed E-state index contributed by atoms with van der Waals surface area (Å²) < 4.78 is 4.95. The van der Waals surface area contributed by atoms with Gasteiger partial charge >= 0.3 is 5.97 Å². The van der Waals surface area contributed by atoms with E-state index < -0.39 is 24.1 Å². The molecule has 10 heteroatoms. The summed E-state index contributed by atoms with van der Waals surface area (Å²) in [5.74, 6) is 0.601. The molecule has 4 N–H and O–H groups in total. The van der Waals surface area contributed by atoms with Crippen molar-refractivity contribution in [2.24, 2.45) is 5.73 Å². The Morgan fingerprint density at radius 1 is 1.20 bits per heavy atom. The van der Waals surface area contributed by atoms with Crippen LogP contribution >= 0.6 is 21.6 Å². The van der Waals surface area contributed by atoms with Gasteiger partial charge in [0.1, 0.15) is 12.1 Å². The maximum absolute atomic E-state index is 13.5. The van der Waals surface area contributed by atoms with E-state index in [9.17, 15) is 14.4 Å². The quantitative estimate of drug-likeness (QED) is 0.437. The molecule has 3 heterocycles. The van der Waals surface area contributed by atoms with Crippen molar-refractivity contribution in [2.45, 2.75) is 43.6 Å². The Bertz CT molecular complexity index is 824. The van der Waals surface area contributed by atoms with Crippen LogP contribution in [-0.2, 0) is 32.1 Å². The summed E-state index contributed by atoms with van der Waals surface area (Å²) >= 11 is 0. The third-order valence-electron chi connectivity index (χ3n) is 5.61. The van der Waals surface area contributed by atoms with Crippen molar-refractivity contribution in [3.63, 3.8) is 0 Å². The first-order valence-electron chi connectivity index (χ1n) is 10.1. The number of nitrogens with two attached hydrogens (primary N) is 1. The summed E-state index contributed by atoms with van der Waals surface area (Å²) in [7, 11) is 3.29. The van der Waals surface area contributed by atoms with E-state index in [1.165, 1.54) is 0 Å². The van der Waals surface area contributed by atoms with Crippen LogP contribution in [0.3, 0.4) is 0 Å². The zero-order chi connectivity index (χ0) is 21.1. The summed E-state index contributed by atoms with van der Waals surface area (Å²) in [6.07, 6.45) is 0.876. The molecule has 3 aliphatic heterocycles. The predicted molar refractivity (Wildman–Crippen MR) is 117 cm³/mol. The summed E-state index contributed by atoms with van der Waals surface area (Å²) in [6.45, 7) is 1.23. The number of amides is 2. The number of rotatable bonds is 3. The van der Waals surface area contributed by atoms with Gasteiger partial charge in [0.2, 0.25) is 11.8 Å². The van der Waals surface area contributed by atoms with Crippen molar-refractivity contribution in [3.05, 3.63) is 35.4 Å². The van der Waals surface area contributed by atoms with Gasteiger partial charge in [-0.3, -0.25) is 9.59 Å². The number of esters is 1. The smallest absolute Gasteiger partial charge is 0.328 e. The van der Waals surface area contributed by atoms with E-state index in [2.05, 4.69) is 10.6 Å². The van der Waals surface area contributed by atoms with Gasteiger partial charge in [0.15, 0.2) is 0 Å². The number of ether oxygens (including phenoxy) is 1. The number of fused-ring (bicyclic) bond motifs is 1. The van der Waals surface area contributed by atoms with Crippen molar-refractivity contribution in [1.82, 2.24) is 15.5 Å². The maximum atomic E-state index is 13.5. The first-order chi connectivity index (χ1) is 14.5. The van der Waals surface area contributed by atoms with E-state index in [4.69, 9.17) is 10.5 Å². The number of carbonyl (C=O) groups excluding carboxylic acids is 3. The number of hydrogen-bond acceptors (Lipinski definition) is 8. The van der Waals surface area contributed by atoms with E-state index in [1.807, 2.05) is 24.3 Å². The van der Waals surface area contributed by atoms with Gasteiger partial charge in [0, 0.05) is 43.5 Å². The van der Waals surface area contributed by atoms with Crippen LogP contribution in [0.2, 0.25) is 0 Å². The third-order valence-corrected chi connectivity index (χ3v) is 8.13. The van der Waals surface area contributed by atoms with Crippen LogP contribution in [0, 0.1) is 0 Å². The maximum Gasteiger partial charge on any atom is 0.328 e. The van der Waals surface area contributed by atoms with Gasteiger partial charge in [0.25, 0.3) is 0 Å². The second kappa shape index (κ2) is 9.59. The standard InChI is InChI=1S/C20H26N4O4S2/c21-14-8-22-16(11-30-29-10-14)19(26)24-9-13-4-2-1-3-12(13)7-17(24)18(25)23-15-5-6-28-20(15)27/h1-4,14-17,22H,5-11,21H2,(H,23,25)/t14-,15+,16+,17+/m1/s1. The molecule has 4 atom stereocenters. The van der Waals surface area contributed by atoms with Crippen molar-refractivity contribution >= 4 is 39.4 Å². The molecule has 3 aliphatic rings. The minimum absolute atomic E-state index is 0.0207. The highest BCUT2D eigenvalue weighted by molar-refractivity contribution is 8.76. The van der Waals surface area contributed by atoms with E-state index in [1.54, 1.807) is 26.5 Å². The number of hydrogen-bond donors (Lipinski definition) is 3. The highest BCUT2D eigenvalue weighted by Crippen LogP contribution is 2.28. The fourth-order valence-electron chi connectivity index (χ4n) is 3.91. The highest BCUT2D eigenvalue weighted by Gasteiger charge is 2.39. The number of carbonyl (C=O) groups is 3. The third kappa shape index (κ3) is 4.77. The van der Waals surface area contributed by atoms with Gasteiger partial charge in [-0.2, -0.15) is 0 Å². The topological polar surface area (TPSA) is 114 Å². The molecule has 4 rings (SSSR count). The molecule has 1 aromatic carbocycles. The van der Waals surface area contributed by atoms with Crippen LogP contribution in [-0.4, -0.2) is 71.5 Å². The average Bonchev–Trinajstić information content (AvgIpc) is 3.14. The molecule has 8 nitrogen and oxygen atoms in total. The number of cyclic esters (lactones) is 1. The summed E-state index contributed by atoms with van der Waals surface area (Å²) in [5.41, 5.74) is 8.15. The first-order valence-corrected chi connectivity index (χ1v) is 12.6. The van der Waals surface area contributed by atoms with Crippen LogP contribution < -0.4 is 16.4 Å². The Labute approximate surface area is 183 Å². The average molecular weight is 451 g/mol. The van der Waals surface area contributed by atoms with Gasteiger partial charge in [-0.05, 0) is 11.1 Å². The lowest BCUT2D eigenvalue weighted by Gasteiger charge is -2.38. The molecule has 0 spiro atoms. The molecule has 0 unspecified atom stereocenters. The zero-order valence-electron chi connectivity index (χ0n) is 16.5. The Kier molecular flexibility index (Phi) is 6.87. The summed E-state index contributed by atoms with van der Waals surface area (Å²) in [4.78, 5) is 40.1. The summed E-state index contributed by atoms with van der Waals surface area (Å²) in [5, 5.41) is 6.07. The monoisotopic (exact) mass is 450 g/mol. The molecule has 0 aromatic heterocycles.